The monoisotopic (exact) mass is 230 g/mol. The molecule has 2 fully saturated rings. The van der Waals surface area contributed by atoms with E-state index in [2.05, 4.69) is 35.2 Å². The number of piperazine rings is 1. The number of likely N-dealkylation sites (tertiary alicyclic amines) is 2. The lowest BCUT2D eigenvalue weighted by atomic mass is 10.2. The van der Waals surface area contributed by atoms with Gasteiger partial charge < -0.3 is 4.90 Å². The van der Waals surface area contributed by atoms with Gasteiger partial charge in [0.05, 0.1) is 0 Å². The van der Waals surface area contributed by atoms with Crippen LogP contribution in [-0.4, -0.2) is 40.9 Å². The maximum atomic E-state index is 11.4. The molecular formula is C14H18N2O. The Morgan fingerprint density at radius 1 is 1.24 bits per heavy atom. The first-order valence-corrected chi connectivity index (χ1v) is 6.29. The molecule has 90 valence electrons. The van der Waals surface area contributed by atoms with Crippen molar-refractivity contribution in [3.8, 4) is 0 Å². The molecule has 2 aliphatic heterocycles. The van der Waals surface area contributed by atoms with E-state index in [1.54, 1.807) is 6.92 Å². The molecule has 17 heavy (non-hydrogen) atoms. The Hall–Kier alpha value is -1.35. The SMILES string of the molecule is CC(=O)N1CC2CC1CN2Cc1ccccc1. The average molecular weight is 230 g/mol. The third-order valence-corrected chi connectivity index (χ3v) is 3.99. The number of amides is 1. The first-order chi connectivity index (χ1) is 8.24. The smallest absolute Gasteiger partial charge is 0.219 e. The summed E-state index contributed by atoms with van der Waals surface area (Å²) in [6, 6.07) is 11.6. The number of rotatable bonds is 2. The number of nitrogens with zero attached hydrogens (tertiary/aromatic N) is 2. The Morgan fingerprint density at radius 3 is 2.59 bits per heavy atom. The van der Waals surface area contributed by atoms with Gasteiger partial charge in [0.25, 0.3) is 0 Å². The van der Waals surface area contributed by atoms with Crippen molar-refractivity contribution in [1.82, 2.24) is 9.80 Å². The summed E-state index contributed by atoms with van der Waals surface area (Å²) in [7, 11) is 0. The molecule has 0 aromatic heterocycles. The molecule has 0 N–H and O–H groups in total. The average Bonchev–Trinajstić information content (AvgIpc) is 2.89. The molecule has 2 aliphatic rings. The second-order valence-electron chi connectivity index (χ2n) is 5.13. The van der Waals surface area contributed by atoms with E-state index in [4.69, 9.17) is 0 Å². The number of carbonyl (C=O) groups is 1. The van der Waals surface area contributed by atoms with Gasteiger partial charge in [0.1, 0.15) is 0 Å². The molecule has 3 heteroatoms. The van der Waals surface area contributed by atoms with Crippen LogP contribution in [0, 0.1) is 0 Å². The summed E-state index contributed by atoms with van der Waals surface area (Å²) >= 11 is 0. The first kappa shape index (κ1) is 10.8. The highest BCUT2D eigenvalue weighted by Gasteiger charge is 2.43. The second kappa shape index (κ2) is 4.15. The minimum absolute atomic E-state index is 0.233. The lowest BCUT2D eigenvalue weighted by Gasteiger charge is -2.33. The molecule has 0 saturated carbocycles. The second-order valence-corrected chi connectivity index (χ2v) is 5.13. The Labute approximate surface area is 102 Å². The molecule has 0 spiro atoms. The highest BCUT2D eigenvalue weighted by Crippen LogP contribution is 2.31. The maximum Gasteiger partial charge on any atom is 0.219 e. The van der Waals surface area contributed by atoms with Crippen LogP contribution in [-0.2, 0) is 11.3 Å². The Balaban J connectivity index is 1.65. The van der Waals surface area contributed by atoms with Crippen molar-refractivity contribution >= 4 is 5.91 Å². The van der Waals surface area contributed by atoms with Crippen molar-refractivity contribution in [1.29, 1.82) is 0 Å². The fourth-order valence-corrected chi connectivity index (χ4v) is 3.15. The normalized spacial score (nSPS) is 27.7. The summed E-state index contributed by atoms with van der Waals surface area (Å²) in [6.07, 6.45) is 1.16. The van der Waals surface area contributed by atoms with Crippen molar-refractivity contribution < 1.29 is 4.79 Å². The lowest BCUT2D eigenvalue weighted by molar-refractivity contribution is -0.131. The van der Waals surface area contributed by atoms with Gasteiger partial charge in [0.15, 0.2) is 0 Å². The molecule has 0 aliphatic carbocycles. The van der Waals surface area contributed by atoms with E-state index in [0.29, 0.717) is 12.1 Å². The topological polar surface area (TPSA) is 23.6 Å². The van der Waals surface area contributed by atoms with Crippen molar-refractivity contribution in [2.24, 2.45) is 0 Å². The lowest BCUT2D eigenvalue weighted by Crippen LogP contribution is -2.47. The van der Waals surface area contributed by atoms with Crippen molar-refractivity contribution in [2.75, 3.05) is 13.1 Å². The highest BCUT2D eigenvalue weighted by molar-refractivity contribution is 5.74. The molecule has 3 rings (SSSR count). The zero-order valence-corrected chi connectivity index (χ0v) is 10.2. The molecular weight excluding hydrogens is 212 g/mol. The van der Waals surface area contributed by atoms with Crippen LogP contribution in [0.25, 0.3) is 0 Å². The van der Waals surface area contributed by atoms with Gasteiger partial charge >= 0.3 is 0 Å². The van der Waals surface area contributed by atoms with Gasteiger partial charge in [-0.05, 0) is 12.0 Å². The molecule has 2 heterocycles. The van der Waals surface area contributed by atoms with Crippen molar-refractivity contribution in [3.63, 3.8) is 0 Å². The van der Waals surface area contributed by atoms with E-state index in [9.17, 15) is 4.79 Å². The van der Waals surface area contributed by atoms with E-state index >= 15 is 0 Å². The van der Waals surface area contributed by atoms with Gasteiger partial charge in [-0.2, -0.15) is 0 Å². The van der Waals surface area contributed by atoms with E-state index in [1.807, 2.05) is 4.90 Å². The van der Waals surface area contributed by atoms with E-state index in [-0.39, 0.29) is 5.91 Å². The number of benzene rings is 1. The summed E-state index contributed by atoms with van der Waals surface area (Å²) < 4.78 is 0. The Kier molecular flexibility index (Phi) is 2.63. The molecule has 1 aromatic rings. The van der Waals surface area contributed by atoms with Crippen LogP contribution in [0.4, 0.5) is 0 Å². The summed E-state index contributed by atoms with van der Waals surface area (Å²) in [5.41, 5.74) is 1.37. The molecule has 2 unspecified atom stereocenters. The number of carbonyl (C=O) groups excluding carboxylic acids is 1. The summed E-state index contributed by atoms with van der Waals surface area (Å²) in [5, 5.41) is 0. The van der Waals surface area contributed by atoms with Crippen LogP contribution in [0.5, 0.6) is 0 Å². The molecule has 2 bridgehead atoms. The minimum Gasteiger partial charge on any atom is -0.337 e. The number of hydrogen-bond acceptors (Lipinski definition) is 2. The standard InChI is InChI=1S/C14H18N2O/c1-11(17)16-10-13-7-14(16)9-15(13)8-12-5-3-2-4-6-12/h2-6,13-14H,7-10H2,1H3. The van der Waals surface area contributed by atoms with Crippen LogP contribution in [0.3, 0.4) is 0 Å². The van der Waals surface area contributed by atoms with Crippen LogP contribution in [0.15, 0.2) is 30.3 Å². The number of fused-ring (bicyclic) bond motifs is 2. The zero-order chi connectivity index (χ0) is 11.8. The largest absolute Gasteiger partial charge is 0.337 e. The minimum atomic E-state index is 0.233. The predicted octanol–water partition coefficient (Wildman–Crippen LogP) is 1.49. The Morgan fingerprint density at radius 2 is 2.00 bits per heavy atom. The third-order valence-electron chi connectivity index (χ3n) is 3.99. The third kappa shape index (κ3) is 1.95. The number of hydrogen-bond donors (Lipinski definition) is 0. The molecule has 3 nitrogen and oxygen atoms in total. The van der Waals surface area contributed by atoms with Crippen LogP contribution in [0.2, 0.25) is 0 Å². The highest BCUT2D eigenvalue weighted by atomic mass is 16.2. The molecule has 0 radical (unpaired) electrons. The predicted molar refractivity (Wildman–Crippen MR) is 66.4 cm³/mol. The fraction of sp³-hybridized carbons (Fsp3) is 0.500. The molecule has 2 saturated heterocycles. The maximum absolute atomic E-state index is 11.4. The van der Waals surface area contributed by atoms with Crippen molar-refractivity contribution in [3.05, 3.63) is 35.9 Å². The van der Waals surface area contributed by atoms with Gasteiger partial charge in [0.2, 0.25) is 5.91 Å². The summed E-state index contributed by atoms with van der Waals surface area (Å²) in [6.45, 7) is 4.67. The first-order valence-electron chi connectivity index (χ1n) is 6.29. The van der Waals surface area contributed by atoms with Crippen LogP contribution in [0.1, 0.15) is 18.9 Å². The molecule has 2 atom stereocenters. The summed E-state index contributed by atoms with van der Waals surface area (Å²) in [4.78, 5) is 16.0. The summed E-state index contributed by atoms with van der Waals surface area (Å²) in [5.74, 6) is 0.233. The van der Waals surface area contributed by atoms with Gasteiger partial charge in [-0.15, -0.1) is 0 Å². The molecule has 1 aromatic carbocycles. The van der Waals surface area contributed by atoms with Gasteiger partial charge in [-0.1, -0.05) is 30.3 Å². The van der Waals surface area contributed by atoms with Crippen LogP contribution >= 0.6 is 0 Å². The van der Waals surface area contributed by atoms with E-state index in [0.717, 1.165) is 26.1 Å². The van der Waals surface area contributed by atoms with Gasteiger partial charge in [-0.25, -0.2) is 0 Å². The molecule has 1 amide bonds. The van der Waals surface area contributed by atoms with E-state index in [1.165, 1.54) is 5.56 Å². The Bertz CT molecular complexity index is 417. The van der Waals surface area contributed by atoms with E-state index < -0.39 is 0 Å². The van der Waals surface area contributed by atoms with Gasteiger partial charge in [-0.3, -0.25) is 9.69 Å². The van der Waals surface area contributed by atoms with Crippen molar-refractivity contribution in [2.45, 2.75) is 32.0 Å². The van der Waals surface area contributed by atoms with Crippen LogP contribution < -0.4 is 0 Å². The quantitative estimate of drug-likeness (QED) is 0.768. The van der Waals surface area contributed by atoms with Gasteiger partial charge in [0, 0.05) is 38.6 Å². The zero-order valence-electron chi connectivity index (χ0n) is 10.2. The fourth-order valence-electron chi connectivity index (χ4n) is 3.15.